The standard InChI is InChI=1S/C24H30I2O4/c1-27-23-17-19(9-11-21(23)29-15-5-3-13-25)7-8-20-10-12-22(24(18-20)28-2)30-16-6-4-14-26/h7-12,17-18H,3-6,13-16H2,1-2H3/b8-7+. The van der Waals surface area contributed by atoms with Gasteiger partial charge >= 0.3 is 0 Å². The van der Waals surface area contributed by atoms with E-state index in [4.69, 9.17) is 18.9 Å². The second kappa shape index (κ2) is 14.8. The smallest absolute Gasteiger partial charge is 0.161 e. The summed E-state index contributed by atoms with van der Waals surface area (Å²) in [5.74, 6) is 3.07. The van der Waals surface area contributed by atoms with Gasteiger partial charge in [-0.05, 0) is 69.9 Å². The van der Waals surface area contributed by atoms with Crippen LogP contribution in [0, 0.1) is 0 Å². The lowest BCUT2D eigenvalue weighted by Crippen LogP contribution is -2.00. The maximum atomic E-state index is 5.86. The van der Waals surface area contributed by atoms with E-state index in [1.54, 1.807) is 14.2 Å². The normalized spacial score (nSPS) is 10.9. The zero-order valence-electron chi connectivity index (χ0n) is 17.7. The Bertz CT molecular complexity index is 727. The first kappa shape index (κ1) is 25.1. The maximum Gasteiger partial charge on any atom is 0.161 e. The molecule has 0 amide bonds. The Balaban J connectivity index is 2.03. The Morgan fingerprint density at radius 3 is 1.43 bits per heavy atom. The van der Waals surface area contributed by atoms with Gasteiger partial charge in [-0.3, -0.25) is 0 Å². The molecule has 164 valence electrons. The summed E-state index contributed by atoms with van der Waals surface area (Å²) in [4.78, 5) is 0. The van der Waals surface area contributed by atoms with Crippen molar-refractivity contribution in [3.05, 3.63) is 47.5 Å². The maximum absolute atomic E-state index is 5.86. The Morgan fingerprint density at radius 2 is 1.07 bits per heavy atom. The van der Waals surface area contributed by atoms with Crippen LogP contribution in [0.2, 0.25) is 0 Å². The van der Waals surface area contributed by atoms with Gasteiger partial charge in [-0.2, -0.15) is 0 Å². The largest absolute Gasteiger partial charge is 0.493 e. The summed E-state index contributed by atoms with van der Waals surface area (Å²) in [6, 6.07) is 12.0. The molecule has 0 heterocycles. The van der Waals surface area contributed by atoms with Crippen LogP contribution in [0.4, 0.5) is 0 Å². The highest BCUT2D eigenvalue weighted by Gasteiger charge is 2.06. The fraction of sp³-hybridized carbons (Fsp3) is 0.417. The molecule has 0 aliphatic rings. The molecular formula is C24H30I2O4. The number of ether oxygens (including phenoxy) is 4. The molecule has 0 aromatic heterocycles. The van der Waals surface area contributed by atoms with Crippen LogP contribution < -0.4 is 18.9 Å². The average Bonchev–Trinajstić information content (AvgIpc) is 2.79. The summed E-state index contributed by atoms with van der Waals surface area (Å²) in [6.45, 7) is 1.42. The van der Waals surface area contributed by atoms with Crippen molar-refractivity contribution in [3.63, 3.8) is 0 Å². The number of benzene rings is 2. The molecule has 6 heteroatoms. The molecule has 30 heavy (non-hydrogen) atoms. The molecule has 2 aromatic carbocycles. The minimum Gasteiger partial charge on any atom is -0.493 e. The molecule has 0 fully saturated rings. The van der Waals surface area contributed by atoms with Crippen molar-refractivity contribution >= 4 is 57.3 Å². The zero-order chi connectivity index (χ0) is 21.6. The molecule has 0 N–H and O–H groups in total. The van der Waals surface area contributed by atoms with Gasteiger partial charge in [0.15, 0.2) is 23.0 Å². The first-order valence-corrected chi connectivity index (χ1v) is 13.2. The molecule has 0 atom stereocenters. The summed E-state index contributed by atoms with van der Waals surface area (Å²) in [7, 11) is 3.34. The lowest BCUT2D eigenvalue weighted by molar-refractivity contribution is 0.289. The Hall–Kier alpha value is -1.16. The van der Waals surface area contributed by atoms with E-state index in [9.17, 15) is 0 Å². The van der Waals surface area contributed by atoms with Crippen molar-refractivity contribution in [1.82, 2.24) is 0 Å². The summed E-state index contributed by atoms with van der Waals surface area (Å²) in [5, 5.41) is 0. The topological polar surface area (TPSA) is 36.9 Å². The number of rotatable bonds is 14. The fourth-order valence-electron chi connectivity index (χ4n) is 2.76. The third kappa shape index (κ3) is 8.53. The second-order valence-corrected chi connectivity index (χ2v) is 8.80. The monoisotopic (exact) mass is 636 g/mol. The second-order valence-electron chi connectivity index (χ2n) is 6.64. The molecule has 0 saturated carbocycles. The van der Waals surface area contributed by atoms with Crippen molar-refractivity contribution in [2.75, 3.05) is 36.3 Å². The molecule has 0 unspecified atom stereocenters. The Labute approximate surface area is 207 Å². The van der Waals surface area contributed by atoms with E-state index in [1.807, 2.05) is 36.4 Å². The van der Waals surface area contributed by atoms with Gasteiger partial charge in [0.05, 0.1) is 27.4 Å². The molecule has 0 spiro atoms. The van der Waals surface area contributed by atoms with Gasteiger partial charge in [0, 0.05) is 0 Å². The number of unbranched alkanes of at least 4 members (excludes halogenated alkanes) is 2. The van der Waals surface area contributed by atoms with E-state index in [2.05, 4.69) is 57.3 Å². The first-order chi connectivity index (χ1) is 14.7. The van der Waals surface area contributed by atoms with Crippen LogP contribution in [0.3, 0.4) is 0 Å². The molecule has 2 rings (SSSR count). The lowest BCUT2D eigenvalue weighted by Gasteiger charge is -2.12. The van der Waals surface area contributed by atoms with Crippen LogP contribution in [0.1, 0.15) is 36.8 Å². The molecule has 0 radical (unpaired) electrons. The van der Waals surface area contributed by atoms with Crippen LogP contribution in [-0.4, -0.2) is 36.3 Å². The predicted octanol–water partition coefficient (Wildman–Crippen LogP) is 7.06. The van der Waals surface area contributed by atoms with Gasteiger partial charge in [0.1, 0.15) is 0 Å². The van der Waals surface area contributed by atoms with E-state index >= 15 is 0 Å². The van der Waals surface area contributed by atoms with E-state index in [-0.39, 0.29) is 0 Å². The van der Waals surface area contributed by atoms with E-state index in [0.29, 0.717) is 13.2 Å². The van der Waals surface area contributed by atoms with E-state index in [0.717, 1.165) is 68.7 Å². The number of halogens is 2. The van der Waals surface area contributed by atoms with Crippen molar-refractivity contribution in [1.29, 1.82) is 0 Å². The Morgan fingerprint density at radius 1 is 0.633 bits per heavy atom. The molecular weight excluding hydrogens is 606 g/mol. The van der Waals surface area contributed by atoms with Crippen LogP contribution in [0.5, 0.6) is 23.0 Å². The summed E-state index contributed by atoms with van der Waals surface area (Å²) >= 11 is 4.77. The lowest BCUT2D eigenvalue weighted by atomic mass is 10.1. The number of alkyl halides is 2. The van der Waals surface area contributed by atoms with Gasteiger partial charge in [0.25, 0.3) is 0 Å². The highest BCUT2D eigenvalue weighted by Crippen LogP contribution is 2.31. The fourth-order valence-corrected chi connectivity index (χ4v) is 3.84. The number of hydrogen-bond donors (Lipinski definition) is 0. The molecule has 0 saturated heterocycles. The molecule has 0 bridgehead atoms. The highest BCUT2D eigenvalue weighted by atomic mass is 127. The van der Waals surface area contributed by atoms with Gasteiger partial charge in [-0.25, -0.2) is 0 Å². The van der Waals surface area contributed by atoms with Gasteiger partial charge in [-0.15, -0.1) is 0 Å². The third-order valence-corrected chi connectivity index (χ3v) is 5.94. The van der Waals surface area contributed by atoms with Crippen LogP contribution in [0.15, 0.2) is 36.4 Å². The van der Waals surface area contributed by atoms with E-state index in [1.165, 1.54) is 0 Å². The van der Waals surface area contributed by atoms with Gasteiger partial charge in [0.2, 0.25) is 0 Å². The number of methoxy groups -OCH3 is 2. The minimum atomic E-state index is 0.709. The first-order valence-electron chi connectivity index (χ1n) is 10.1. The summed E-state index contributed by atoms with van der Waals surface area (Å²) in [6.07, 6.45) is 8.53. The van der Waals surface area contributed by atoms with Crippen LogP contribution in [-0.2, 0) is 0 Å². The molecule has 0 aliphatic carbocycles. The van der Waals surface area contributed by atoms with Crippen LogP contribution >= 0.6 is 45.2 Å². The van der Waals surface area contributed by atoms with Crippen molar-refractivity contribution < 1.29 is 18.9 Å². The predicted molar refractivity (Wildman–Crippen MR) is 142 cm³/mol. The average molecular weight is 636 g/mol. The SMILES string of the molecule is COc1cc(/C=C/c2ccc(OCCCCI)c(OC)c2)ccc1OCCCCI. The molecule has 0 aliphatic heterocycles. The quantitative estimate of drug-likeness (QED) is 0.0964. The summed E-state index contributed by atoms with van der Waals surface area (Å²) in [5.41, 5.74) is 2.09. The third-order valence-electron chi connectivity index (χ3n) is 4.41. The highest BCUT2D eigenvalue weighted by molar-refractivity contribution is 14.1. The van der Waals surface area contributed by atoms with Crippen molar-refractivity contribution in [3.8, 4) is 23.0 Å². The molecule has 4 nitrogen and oxygen atoms in total. The van der Waals surface area contributed by atoms with Crippen molar-refractivity contribution in [2.45, 2.75) is 25.7 Å². The van der Waals surface area contributed by atoms with E-state index < -0.39 is 0 Å². The van der Waals surface area contributed by atoms with Gasteiger partial charge in [-0.1, -0.05) is 69.5 Å². The summed E-state index contributed by atoms with van der Waals surface area (Å²) < 4.78 is 25.0. The van der Waals surface area contributed by atoms with Crippen molar-refractivity contribution in [2.24, 2.45) is 0 Å². The van der Waals surface area contributed by atoms with Gasteiger partial charge < -0.3 is 18.9 Å². The number of hydrogen-bond acceptors (Lipinski definition) is 4. The van der Waals surface area contributed by atoms with Crippen LogP contribution in [0.25, 0.3) is 12.2 Å². The Kier molecular flexibility index (Phi) is 12.4. The minimum absolute atomic E-state index is 0.709. The zero-order valence-corrected chi connectivity index (χ0v) is 22.0. The molecule has 2 aromatic rings.